The summed E-state index contributed by atoms with van der Waals surface area (Å²) in [6.45, 7) is 6.46. The molecule has 0 aliphatic heterocycles. The Morgan fingerprint density at radius 2 is 1.75 bits per heavy atom. The summed E-state index contributed by atoms with van der Waals surface area (Å²) in [6.07, 6.45) is 1.17. The maximum Gasteiger partial charge on any atom is 0.257 e. The maximum absolute atomic E-state index is 12.6. The minimum atomic E-state index is -3.50. The number of rotatable bonds is 9. The zero-order chi connectivity index (χ0) is 23.3. The van der Waals surface area contributed by atoms with Gasteiger partial charge < -0.3 is 0 Å². The highest BCUT2D eigenvalue weighted by Crippen LogP contribution is 2.27. The molecule has 1 N–H and O–H groups in total. The zero-order valence-electron chi connectivity index (χ0n) is 18.4. The van der Waals surface area contributed by atoms with Gasteiger partial charge in [-0.2, -0.15) is 0 Å². The summed E-state index contributed by atoms with van der Waals surface area (Å²) in [7, 11) is -3.50. The predicted octanol–water partition coefficient (Wildman–Crippen LogP) is 4.81. The monoisotopic (exact) mass is 490 g/mol. The third-order valence-electron chi connectivity index (χ3n) is 4.43. The number of carbonyl (C=O) groups is 1. The van der Waals surface area contributed by atoms with Crippen molar-refractivity contribution in [2.24, 2.45) is 5.92 Å². The summed E-state index contributed by atoms with van der Waals surface area (Å²) >= 11 is 2.94. The third-order valence-corrected chi connectivity index (χ3v) is 7.97. The van der Waals surface area contributed by atoms with Gasteiger partial charge in [0, 0.05) is 11.3 Å². The van der Waals surface area contributed by atoms with E-state index in [1.54, 1.807) is 36.0 Å². The van der Waals surface area contributed by atoms with Gasteiger partial charge in [0.2, 0.25) is 15.2 Å². The molecular weight excluding hydrogens is 464 g/mol. The Morgan fingerprint density at radius 1 is 1.09 bits per heavy atom. The van der Waals surface area contributed by atoms with Crippen molar-refractivity contribution in [3.8, 4) is 0 Å². The highest BCUT2D eigenvalue weighted by molar-refractivity contribution is 8.01. The molecule has 170 valence electrons. The van der Waals surface area contributed by atoms with Gasteiger partial charge >= 0.3 is 0 Å². The number of aryl methyl sites for hydroxylation is 1. The molecule has 3 rings (SSSR count). The van der Waals surface area contributed by atoms with E-state index in [4.69, 9.17) is 0 Å². The first-order valence-corrected chi connectivity index (χ1v) is 13.7. The molecular formula is C22H26N4O3S3. The summed E-state index contributed by atoms with van der Waals surface area (Å²) in [5.74, 6) is 1.15. The first-order valence-electron chi connectivity index (χ1n) is 10.0. The molecule has 0 spiro atoms. The van der Waals surface area contributed by atoms with Gasteiger partial charge in [-0.15, -0.1) is 10.2 Å². The van der Waals surface area contributed by atoms with E-state index < -0.39 is 10.0 Å². The predicted molar refractivity (Wildman–Crippen MR) is 132 cm³/mol. The fourth-order valence-corrected chi connectivity index (χ4v) is 5.38. The topological polar surface area (TPSA) is 92.3 Å². The van der Waals surface area contributed by atoms with Gasteiger partial charge in [0.1, 0.15) is 0 Å². The lowest BCUT2D eigenvalue weighted by atomic mass is 10.1. The average Bonchev–Trinajstić information content (AvgIpc) is 3.18. The van der Waals surface area contributed by atoms with Crippen LogP contribution in [0.4, 0.5) is 10.8 Å². The maximum atomic E-state index is 12.6. The summed E-state index contributed by atoms with van der Waals surface area (Å²) in [6, 6.07) is 14.2. The van der Waals surface area contributed by atoms with Crippen LogP contribution in [0.5, 0.6) is 0 Å². The average molecular weight is 491 g/mol. The molecule has 1 heterocycles. The Bertz CT molecular complexity index is 1160. The second-order valence-corrected chi connectivity index (χ2v) is 12.0. The first kappa shape index (κ1) is 24.2. The van der Waals surface area contributed by atoms with Crippen LogP contribution in [0.25, 0.3) is 0 Å². The van der Waals surface area contributed by atoms with Gasteiger partial charge in [-0.05, 0) is 42.7 Å². The van der Waals surface area contributed by atoms with Crippen molar-refractivity contribution in [3.05, 3.63) is 65.2 Å². The molecule has 0 saturated carbocycles. The number of sulfonamides is 1. The Morgan fingerprint density at radius 3 is 2.34 bits per heavy atom. The molecule has 0 saturated heterocycles. The molecule has 32 heavy (non-hydrogen) atoms. The number of thioether (sulfide) groups is 1. The Labute approximate surface area is 197 Å². The standard InChI is InChI=1S/C22H26N4O3S3/c1-15(2)14-30-22-25-24-21(31-22)23-20(27)18-9-11-19(12-10-18)26(32(4,28)29)13-17-7-5-16(3)6-8-17/h5-12,15H,13-14H2,1-4H3,(H,23,24,27). The molecule has 10 heteroatoms. The fraction of sp³-hybridized carbons (Fsp3) is 0.318. The smallest absolute Gasteiger partial charge is 0.257 e. The number of hydrogen-bond acceptors (Lipinski definition) is 7. The molecule has 7 nitrogen and oxygen atoms in total. The number of anilines is 2. The number of hydrogen-bond donors (Lipinski definition) is 1. The summed E-state index contributed by atoms with van der Waals surface area (Å²) < 4.78 is 26.9. The SMILES string of the molecule is Cc1ccc(CN(c2ccc(C(=O)Nc3nnc(SCC(C)C)s3)cc2)S(C)(=O)=O)cc1. The molecule has 0 fully saturated rings. The minimum absolute atomic E-state index is 0.215. The lowest BCUT2D eigenvalue weighted by Gasteiger charge is -2.23. The molecule has 0 aliphatic carbocycles. The van der Waals surface area contributed by atoms with Crippen molar-refractivity contribution in [2.45, 2.75) is 31.7 Å². The number of aromatic nitrogens is 2. The number of nitrogens with one attached hydrogen (secondary N) is 1. The third kappa shape index (κ3) is 6.78. The molecule has 0 radical (unpaired) electrons. The number of benzene rings is 2. The molecule has 0 unspecified atom stereocenters. The highest BCUT2D eigenvalue weighted by Gasteiger charge is 2.19. The summed E-state index contributed by atoms with van der Waals surface area (Å²) in [5.41, 5.74) is 2.89. The molecule has 0 bridgehead atoms. The van der Waals surface area contributed by atoms with Crippen LogP contribution in [0.15, 0.2) is 52.9 Å². The summed E-state index contributed by atoms with van der Waals surface area (Å²) in [5, 5.41) is 11.3. The van der Waals surface area contributed by atoms with Crippen LogP contribution < -0.4 is 9.62 Å². The lowest BCUT2D eigenvalue weighted by molar-refractivity contribution is 0.102. The Balaban J connectivity index is 1.70. The van der Waals surface area contributed by atoms with Crippen LogP contribution >= 0.6 is 23.1 Å². The number of amides is 1. The van der Waals surface area contributed by atoms with Gasteiger partial charge in [0.05, 0.1) is 18.5 Å². The van der Waals surface area contributed by atoms with Crippen LogP contribution in [-0.4, -0.2) is 36.5 Å². The van der Waals surface area contributed by atoms with E-state index in [1.807, 2.05) is 31.2 Å². The van der Waals surface area contributed by atoms with E-state index in [0.717, 1.165) is 21.2 Å². The van der Waals surface area contributed by atoms with Crippen LogP contribution in [0.3, 0.4) is 0 Å². The van der Waals surface area contributed by atoms with E-state index in [2.05, 4.69) is 29.4 Å². The highest BCUT2D eigenvalue weighted by atomic mass is 32.2. The molecule has 1 aromatic heterocycles. The van der Waals surface area contributed by atoms with Gasteiger partial charge in [-0.1, -0.05) is 66.8 Å². The number of carbonyl (C=O) groups excluding carboxylic acids is 1. The van der Waals surface area contributed by atoms with E-state index in [9.17, 15) is 13.2 Å². The molecule has 3 aromatic rings. The van der Waals surface area contributed by atoms with Gasteiger partial charge in [0.15, 0.2) is 4.34 Å². The largest absolute Gasteiger partial charge is 0.296 e. The van der Waals surface area contributed by atoms with Crippen molar-refractivity contribution in [1.29, 1.82) is 0 Å². The van der Waals surface area contributed by atoms with Crippen molar-refractivity contribution in [3.63, 3.8) is 0 Å². The fourth-order valence-electron chi connectivity index (χ4n) is 2.76. The Hall–Kier alpha value is -2.43. The van der Waals surface area contributed by atoms with Crippen LogP contribution in [0, 0.1) is 12.8 Å². The van der Waals surface area contributed by atoms with Crippen molar-refractivity contribution >= 4 is 49.8 Å². The molecule has 1 amide bonds. The molecule has 0 atom stereocenters. The molecule has 0 aliphatic rings. The lowest BCUT2D eigenvalue weighted by Crippen LogP contribution is -2.29. The van der Waals surface area contributed by atoms with Crippen LogP contribution in [0.1, 0.15) is 35.3 Å². The van der Waals surface area contributed by atoms with Crippen molar-refractivity contribution in [1.82, 2.24) is 10.2 Å². The van der Waals surface area contributed by atoms with Crippen LogP contribution in [-0.2, 0) is 16.6 Å². The zero-order valence-corrected chi connectivity index (χ0v) is 20.9. The van der Waals surface area contributed by atoms with Crippen molar-refractivity contribution < 1.29 is 13.2 Å². The minimum Gasteiger partial charge on any atom is -0.296 e. The second-order valence-electron chi connectivity index (χ2n) is 7.83. The van der Waals surface area contributed by atoms with Crippen molar-refractivity contribution in [2.75, 3.05) is 21.6 Å². The first-order chi connectivity index (χ1) is 15.1. The van der Waals surface area contributed by atoms with E-state index in [-0.39, 0.29) is 12.5 Å². The van der Waals surface area contributed by atoms with E-state index in [0.29, 0.717) is 22.3 Å². The second kappa shape index (κ2) is 10.5. The van der Waals surface area contributed by atoms with E-state index >= 15 is 0 Å². The van der Waals surface area contributed by atoms with E-state index in [1.165, 1.54) is 21.9 Å². The van der Waals surface area contributed by atoms with Gasteiger partial charge in [-0.25, -0.2) is 8.42 Å². The number of nitrogens with zero attached hydrogens (tertiary/aromatic N) is 3. The summed E-state index contributed by atoms with van der Waals surface area (Å²) in [4.78, 5) is 12.6. The van der Waals surface area contributed by atoms with Crippen LogP contribution in [0.2, 0.25) is 0 Å². The normalized spacial score (nSPS) is 11.5. The Kier molecular flexibility index (Phi) is 7.91. The van der Waals surface area contributed by atoms with Gasteiger partial charge in [-0.3, -0.25) is 14.4 Å². The van der Waals surface area contributed by atoms with Gasteiger partial charge in [0.25, 0.3) is 5.91 Å². The quantitative estimate of drug-likeness (QED) is 0.342. The molecule has 2 aromatic carbocycles.